The Labute approximate surface area is 98.5 Å². The molecule has 0 N–H and O–H groups in total. The predicted molar refractivity (Wildman–Crippen MR) is 62.1 cm³/mol. The first-order chi connectivity index (χ1) is 8.05. The van der Waals surface area contributed by atoms with E-state index in [1.54, 1.807) is 12.4 Å². The lowest BCUT2D eigenvalue weighted by Gasteiger charge is -2.05. The van der Waals surface area contributed by atoms with Crippen LogP contribution < -0.4 is 0 Å². The topological polar surface area (TPSA) is 12.9 Å². The molecule has 2 heterocycles. The lowest BCUT2D eigenvalue weighted by atomic mass is 10.1. The minimum Gasteiger partial charge on any atom is -0.263 e. The van der Waals surface area contributed by atoms with Crippen LogP contribution in [0.3, 0.4) is 0 Å². The number of fused-ring (bicyclic) bond motifs is 3. The highest BCUT2D eigenvalue weighted by atomic mass is 32.1. The van der Waals surface area contributed by atoms with E-state index in [4.69, 9.17) is 0 Å². The van der Waals surface area contributed by atoms with Crippen LogP contribution in [0.1, 0.15) is 5.56 Å². The van der Waals surface area contributed by atoms with Crippen molar-refractivity contribution in [1.82, 2.24) is 4.98 Å². The molecule has 0 bridgehead atoms. The Morgan fingerprint density at radius 2 is 1.76 bits per heavy atom. The third-order valence-corrected chi connectivity index (χ3v) is 3.71. The van der Waals surface area contributed by atoms with Crippen LogP contribution in [0.2, 0.25) is 0 Å². The number of aromatic nitrogens is 1. The van der Waals surface area contributed by atoms with Gasteiger partial charge in [0.15, 0.2) is 0 Å². The number of halogens is 3. The first kappa shape index (κ1) is 10.5. The second kappa shape index (κ2) is 3.43. The summed E-state index contributed by atoms with van der Waals surface area (Å²) in [7, 11) is 0. The summed E-state index contributed by atoms with van der Waals surface area (Å²) in [6.45, 7) is 0. The molecule has 0 saturated carbocycles. The van der Waals surface area contributed by atoms with Crippen molar-refractivity contribution in [2.24, 2.45) is 0 Å². The van der Waals surface area contributed by atoms with Crippen LogP contribution in [-0.2, 0) is 6.18 Å². The van der Waals surface area contributed by atoms with Gasteiger partial charge in [-0.1, -0.05) is 6.07 Å². The number of pyridine rings is 1. The quantitative estimate of drug-likeness (QED) is 0.576. The fourth-order valence-electron chi connectivity index (χ4n) is 1.81. The highest BCUT2D eigenvalue weighted by Crippen LogP contribution is 2.37. The van der Waals surface area contributed by atoms with Crippen LogP contribution in [0, 0.1) is 0 Å². The molecule has 0 aliphatic heterocycles. The summed E-state index contributed by atoms with van der Waals surface area (Å²) in [4.78, 5) is 3.97. The average Bonchev–Trinajstić information content (AvgIpc) is 2.65. The van der Waals surface area contributed by atoms with E-state index in [0.717, 1.165) is 21.5 Å². The molecule has 0 aliphatic carbocycles. The Bertz CT molecular complexity index is 700. The molecule has 0 radical (unpaired) electrons. The van der Waals surface area contributed by atoms with Crippen molar-refractivity contribution < 1.29 is 13.2 Å². The molecule has 0 saturated heterocycles. The van der Waals surface area contributed by atoms with Gasteiger partial charge < -0.3 is 0 Å². The van der Waals surface area contributed by atoms with Gasteiger partial charge in [0, 0.05) is 27.9 Å². The Morgan fingerprint density at radius 1 is 1.00 bits per heavy atom. The van der Waals surface area contributed by atoms with E-state index in [0.29, 0.717) is 4.70 Å². The Balaban J connectivity index is 2.34. The minimum atomic E-state index is -4.29. The van der Waals surface area contributed by atoms with Gasteiger partial charge in [-0.3, -0.25) is 4.98 Å². The largest absolute Gasteiger partial charge is 0.416 e. The zero-order valence-electron chi connectivity index (χ0n) is 8.45. The number of rotatable bonds is 0. The van der Waals surface area contributed by atoms with Crippen molar-refractivity contribution >= 4 is 31.5 Å². The van der Waals surface area contributed by atoms with Crippen molar-refractivity contribution in [3.63, 3.8) is 0 Å². The number of thiophene rings is 1. The Morgan fingerprint density at radius 3 is 2.53 bits per heavy atom. The van der Waals surface area contributed by atoms with Crippen molar-refractivity contribution in [2.45, 2.75) is 6.18 Å². The molecule has 86 valence electrons. The summed E-state index contributed by atoms with van der Waals surface area (Å²) < 4.78 is 39.2. The van der Waals surface area contributed by atoms with Crippen molar-refractivity contribution in [2.75, 3.05) is 0 Å². The molecule has 17 heavy (non-hydrogen) atoms. The van der Waals surface area contributed by atoms with E-state index in [2.05, 4.69) is 4.98 Å². The molecule has 0 atom stereocenters. The summed E-state index contributed by atoms with van der Waals surface area (Å²) in [6, 6.07) is 5.66. The third kappa shape index (κ3) is 1.67. The zero-order chi connectivity index (χ0) is 12.0. The fraction of sp³-hybridized carbons (Fsp3) is 0.0833. The van der Waals surface area contributed by atoms with E-state index < -0.39 is 11.7 Å². The van der Waals surface area contributed by atoms with Gasteiger partial charge in [-0.15, -0.1) is 11.3 Å². The van der Waals surface area contributed by atoms with Crippen LogP contribution in [0.25, 0.3) is 20.2 Å². The summed E-state index contributed by atoms with van der Waals surface area (Å²) in [6.07, 6.45) is -0.970. The standard InChI is InChI=1S/C12H6F3NS/c13-12(14,15)7-1-2-8-9-3-4-16-6-11(9)17-10(8)5-7/h1-6H. The van der Waals surface area contributed by atoms with Crippen molar-refractivity contribution in [3.05, 3.63) is 42.2 Å². The minimum absolute atomic E-state index is 0.607. The van der Waals surface area contributed by atoms with Gasteiger partial charge in [-0.05, 0) is 18.2 Å². The first-order valence-electron chi connectivity index (χ1n) is 4.89. The highest BCUT2D eigenvalue weighted by Gasteiger charge is 2.30. The van der Waals surface area contributed by atoms with Crippen molar-refractivity contribution in [3.8, 4) is 0 Å². The van der Waals surface area contributed by atoms with Crippen LogP contribution in [-0.4, -0.2) is 4.98 Å². The molecule has 5 heteroatoms. The lowest BCUT2D eigenvalue weighted by Crippen LogP contribution is -2.03. The Kier molecular flexibility index (Phi) is 2.13. The van der Waals surface area contributed by atoms with E-state index in [1.165, 1.54) is 23.5 Å². The van der Waals surface area contributed by atoms with E-state index in [1.807, 2.05) is 6.07 Å². The predicted octanol–water partition coefficient (Wildman–Crippen LogP) is 4.47. The van der Waals surface area contributed by atoms with Crippen LogP contribution in [0.15, 0.2) is 36.7 Å². The maximum Gasteiger partial charge on any atom is 0.416 e. The number of nitrogens with zero attached hydrogens (tertiary/aromatic N) is 1. The van der Waals surface area contributed by atoms with Gasteiger partial charge in [0.1, 0.15) is 0 Å². The zero-order valence-corrected chi connectivity index (χ0v) is 9.27. The summed E-state index contributed by atoms with van der Waals surface area (Å²) in [5, 5.41) is 1.80. The van der Waals surface area contributed by atoms with E-state index in [-0.39, 0.29) is 0 Å². The molecular weight excluding hydrogens is 247 g/mol. The molecule has 0 spiro atoms. The molecule has 0 aliphatic rings. The van der Waals surface area contributed by atoms with Gasteiger partial charge in [0.2, 0.25) is 0 Å². The maximum atomic E-state index is 12.6. The Hall–Kier alpha value is -1.62. The average molecular weight is 253 g/mol. The van der Waals surface area contributed by atoms with Crippen molar-refractivity contribution in [1.29, 1.82) is 0 Å². The highest BCUT2D eigenvalue weighted by molar-refractivity contribution is 7.25. The van der Waals surface area contributed by atoms with Crippen LogP contribution in [0.5, 0.6) is 0 Å². The summed E-state index contributed by atoms with van der Waals surface area (Å²) in [5.74, 6) is 0. The van der Waals surface area contributed by atoms with Crippen LogP contribution >= 0.6 is 11.3 Å². The number of hydrogen-bond donors (Lipinski definition) is 0. The van der Waals surface area contributed by atoms with Crippen LogP contribution in [0.4, 0.5) is 13.2 Å². The van der Waals surface area contributed by atoms with Gasteiger partial charge in [-0.2, -0.15) is 13.2 Å². The maximum absolute atomic E-state index is 12.6. The number of hydrogen-bond acceptors (Lipinski definition) is 2. The smallest absolute Gasteiger partial charge is 0.263 e. The normalized spacial score (nSPS) is 12.4. The van der Waals surface area contributed by atoms with Gasteiger partial charge >= 0.3 is 6.18 Å². The van der Waals surface area contributed by atoms with E-state index >= 15 is 0 Å². The molecule has 1 aromatic carbocycles. The fourth-order valence-corrected chi connectivity index (χ4v) is 2.92. The molecule has 3 aromatic rings. The molecule has 1 nitrogen and oxygen atoms in total. The second-order valence-corrected chi connectivity index (χ2v) is 4.77. The third-order valence-electron chi connectivity index (χ3n) is 2.60. The second-order valence-electron chi connectivity index (χ2n) is 3.68. The van der Waals surface area contributed by atoms with Gasteiger partial charge in [0.25, 0.3) is 0 Å². The van der Waals surface area contributed by atoms with E-state index in [9.17, 15) is 13.2 Å². The molecule has 2 aromatic heterocycles. The SMILES string of the molecule is FC(F)(F)c1ccc2c(c1)sc1cnccc12. The molecular formula is C12H6F3NS. The summed E-state index contributed by atoms with van der Waals surface area (Å²) >= 11 is 1.33. The van der Waals surface area contributed by atoms with Gasteiger partial charge in [0.05, 0.1) is 10.3 Å². The number of alkyl halides is 3. The first-order valence-corrected chi connectivity index (χ1v) is 5.71. The molecule has 0 amide bonds. The molecule has 3 rings (SSSR count). The summed E-state index contributed by atoms with van der Waals surface area (Å²) in [5.41, 5.74) is -0.607. The van der Waals surface area contributed by atoms with Gasteiger partial charge in [-0.25, -0.2) is 0 Å². The number of benzene rings is 1. The lowest BCUT2D eigenvalue weighted by molar-refractivity contribution is -0.137. The molecule has 0 fully saturated rings. The molecule has 0 unspecified atom stereocenters. The monoisotopic (exact) mass is 253 g/mol.